The maximum Gasteiger partial charge on any atom is 0.433 e. The first-order valence-corrected chi connectivity index (χ1v) is 6.25. The molecular formula is C12H5Cl3F3NO. The summed E-state index contributed by atoms with van der Waals surface area (Å²) >= 11 is 17.4. The molecule has 0 saturated carbocycles. The normalized spacial score (nSPS) is 11.7. The zero-order valence-electron chi connectivity index (χ0n) is 9.47. The van der Waals surface area contributed by atoms with E-state index in [4.69, 9.17) is 34.8 Å². The lowest BCUT2D eigenvalue weighted by atomic mass is 10.1. The average molecular weight is 343 g/mol. The zero-order chi connectivity index (χ0) is 15.1. The van der Waals surface area contributed by atoms with Crippen LogP contribution in [-0.2, 0) is 6.18 Å². The van der Waals surface area contributed by atoms with Gasteiger partial charge in [0, 0.05) is 5.56 Å². The quantitative estimate of drug-likeness (QED) is 0.701. The average Bonchev–Trinajstić information content (AvgIpc) is 2.34. The molecule has 0 aliphatic heterocycles. The molecule has 0 fully saturated rings. The lowest BCUT2D eigenvalue weighted by molar-refractivity contribution is -0.141. The van der Waals surface area contributed by atoms with Crippen molar-refractivity contribution in [2.75, 3.05) is 0 Å². The van der Waals surface area contributed by atoms with Crippen molar-refractivity contribution in [1.82, 2.24) is 4.98 Å². The van der Waals surface area contributed by atoms with Crippen molar-refractivity contribution < 1.29 is 18.3 Å². The highest BCUT2D eigenvalue weighted by atomic mass is 35.5. The molecule has 1 aromatic carbocycles. The van der Waals surface area contributed by atoms with E-state index in [0.717, 1.165) is 6.07 Å². The van der Waals surface area contributed by atoms with Crippen molar-refractivity contribution in [1.29, 1.82) is 0 Å². The Kier molecular flexibility index (Phi) is 4.04. The van der Waals surface area contributed by atoms with E-state index in [1.807, 2.05) is 0 Å². The summed E-state index contributed by atoms with van der Waals surface area (Å²) < 4.78 is 37.9. The van der Waals surface area contributed by atoms with Crippen LogP contribution in [0.5, 0.6) is 5.75 Å². The third-order valence-electron chi connectivity index (χ3n) is 2.42. The molecule has 0 saturated heterocycles. The van der Waals surface area contributed by atoms with Gasteiger partial charge in [-0.05, 0) is 24.3 Å². The number of pyridine rings is 1. The van der Waals surface area contributed by atoms with Crippen LogP contribution in [0.3, 0.4) is 0 Å². The summed E-state index contributed by atoms with van der Waals surface area (Å²) in [7, 11) is 0. The van der Waals surface area contributed by atoms with E-state index in [-0.39, 0.29) is 26.3 Å². The SMILES string of the molecule is Oc1ccc(C(F)(F)F)nc1-c1cc(Cl)c(Cl)c(Cl)c1. The Morgan fingerprint density at radius 3 is 2.05 bits per heavy atom. The first kappa shape index (κ1) is 15.2. The van der Waals surface area contributed by atoms with Crippen LogP contribution in [-0.4, -0.2) is 10.1 Å². The van der Waals surface area contributed by atoms with Crippen molar-refractivity contribution in [2.45, 2.75) is 6.18 Å². The van der Waals surface area contributed by atoms with Gasteiger partial charge < -0.3 is 5.11 Å². The van der Waals surface area contributed by atoms with Crippen molar-refractivity contribution in [3.05, 3.63) is 45.0 Å². The van der Waals surface area contributed by atoms with Gasteiger partial charge in [0.25, 0.3) is 0 Å². The lowest BCUT2D eigenvalue weighted by Crippen LogP contribution is -2.08. The summed E-state index contributed by atoms with van der Waals surface area (Å²) in [6.07, 6.45) is -4.62. The second-order valence-corrected chi connectivity index (χ2v) is 5.01. The van der Waals surface area contributed by atoms with Crippen molar-refractivity contribution in [3.8, 4) is 17.0 Å². The molecule has 20 heavy (non-hydrogen) atoms. The number of benzene rings is 1. The van der Waals surface area contributed by atoms with Crippen molar-refractivity contribution >= 4 is 34.8 Å². The Hall–Kier alpha value is -1.17. The minimum atomic E-state index is -4.62. The van der Waals surface area contributed by atoms with E-state index in [2.05, 4.69) is 4.98 Å². The zero-order valence-corrected chi connectivity index (χ0v) is 11.7. The number of aromatic nitrogens is 1. The molecule has 2 aromatic rings. The smallest absolute Gasteiger partial charge is 0.433 e. The highest BCUT2D eigenvalue weighted by Crippen LogP contribution is 2.38. The third kappa shape index (κ3) is 2.95. The lowest BCUT2D eigenvalue weighted by Gasteiger charge is -2.10. The van der Waals surface area contributed by atoms with Gasteiger partial charge in [-0.1, -0.05) is 34.8 Å². The summed E-state index contributed by atoms with van der Waals surface area (Å²) in [4.78, 5) is 3.39. The van der Waals surface area contributed by atoms with E-state index in [1.54, 1.807) is 0 Å². The molecule has 0 atom stereocenters. The van der Waals surface area contributed by atoms with Crippen molar-refractivity contribution in [3.63, 3.8) is 0 Å². The Morgan fingerprint density at radius 1 is 1.00 bits per heavy atom. The molecular weight excluding hydrogens is 337 g/mol. The van der Waals surface area contributed by atoms with Crippen molar-refractivity contribution in [2.24, 2.45) is 0 Å². The van der Waals surface area contributed by atoms with Gasteiger partial charge in [-0.25, -0.2) is 4.98 Å². The van der Waals surface area contributed by atoms with Crippen LogP contribution >= 0.6 is 34.8 Å². The summed E-state index contributed by atoms with van der Waals surface area (Å²) in [5.74, 6) is -0.424. The number of aromatic hydroxyl groups is 1. The predicted molar refractivity (Wildman–Crippen MR) is 71.4 cm³/mol. The predicted octanol–water partition coefficient (Wildman–Crippen LogP) is 5.43. The first-order valence-electron chi connectivity index (χ1n) is 5.12. The highest BCUT2D eigenvalue weighted by molar-refractivity contribution is 6.48. The third-order valence-corrected chi connectivity index (χ3v) is 3.62. The fourth-order valence-electron chi connectivity index (χ4n) is 1.51. The molecule has 106 valence electrons. The van der Waals surface area contributed by atoms with Gasteiger partial charge in [0.1, 0.15) is 17.1 Å². The van der Waals surface area contributed by atoms with Crippen LogP contribution in [0.15, 0.2) is 24.3 Å². The number of alkyl halides is 3. The van der Waals surface area contributed by atoms with Crippen LogP contribution in [0.1, 0.15) is 5.69 Å². The largest absolute Gasteiger partial charge is 0.506 e. The molecule has 0 unspecified atom stereocenters. The molecule has 0 aliphatic rings. The number of nitrogens with zero attached hydrogens (tertiary/aromatic N) is 1. The molecule has 0 bridgehead atoms. The summed E-state index contributed by atoms with van der Waals surface area (Å²) in [5.41, 5.74) is -1.28. The van der Waals surface area contributed by atoms with Gasteiger partial charge >= 0.3 is 6.18 Å². The van der Waals surface area contributed by atoms with Gasteiger partial charge in [0.05, 0.1) is 15.1 Å². The highest BCUT2D eigenvalue weighted by Gasteiger charge is 2.33. The summed E-state index contributed by atoms with van der Waals surface area (Å²) in [5, 5.41) is 9.83. The molecule has 2 rings (SSSR count). The molecule has 1 aromatic heterocycles. The topological polar surface area (TPSA) is 33.1 Å². The fraction of sp³-hybridized carbons (Fsp3) is 0.0833. The molecule has 0 spiro atoms. The minimum absolute atomic E-state index is 0.0489. The Bertz CT molecular complexity index is 650. The Balaban J connectivity index is 2.63. The number of halogens is 6. The maximum absolute atomic E-state index is 12.6. The fourth-order valence-corrected chi connectivity index (χ4v) is 2.11. The van der Waals surface area contributed by atoms with E-state index < -0.39 is 17.6 Å². The first-order chi connectivity index (χ1) is 9.20. The molecule has 1 heterocycles. The van der Waals surface area contributed by atoms with E-state index in [1.165, 1.54) is 12.1 Å². The standard InChI is InChI=1S/C12H5Cl3F3NO/c13-6-3-5(4-7(14)10(6)15)11-8(20)1-2-9(19-11)12(16,17)18/h1-4,20H. The van der Waals surface area contributed by atoms with Crippen LogP contribution < -0.4 is 0 Å². The van der Waals surface area contributed by atoms with Gasteiger partial charge in [0.15, 0.2) is 0 Å². The molecule has 0 amide bonds. The molecule has 2 nitrogen and oxygen atoms in total. The number of hydrogen-bond acceptors (Lipinski definition) is 2. The Morgan fingerprint density at radius 2 is 1.55 bits per heavy atom. The van der Waals surface area contributed by atoms with Gasteiger partial charge in [-0.2, -0.15) is 13.2 Å². The van der Waals surface area contributed by atoms with Gasteiger partial charge in [-0.15, -0.1) is 0 Å². The molecule has 1 N–H and O–H groups in total. The molecule has 8 heteroatoms. The minimum Gasteiger partial charge on any atom is -0.506 e. The number of rotatable bonds is 1. The van der Waals surface area contributed by atoms with E-state index >= 15 is 0 Å². The second kappa shape index (κ2) is 5.31. The van der Waals surface area contributed by atoms with Crippen LogP contribution in [0.25, 0.3) is 11.3 Å². The van der Waals surface area contributed by atoms with Gasteiger partial charge in [0.2, 0.25) is 0 Å². The van der Waals surface area contributed by atoms with Crippen LogP contribution in [0.4, 0.5) is 13.2 Å². The summed E-state index contributed by atoms with van der Waals surface area (Å²) in [6, 6.07) is 4.13. The van der Waals surface area contributed by atoms with E-state index in [0.29, 0.717) is 6.07 Å². The second-order valence-electron chi connectivity index (χ2n) is 3.82. The number of hydrogen-bond donors (Lipinski definition) is 1. The summed E-state index contributed by atoms with van der Waals surface area (Å²) in [6.45, 7) is 0. The Labute approximate surface area is 126 Å². The van der Waals surface area contributed by atoms with Crippen LogP contribution in [0, 0.1) is 0 Å². The monoisotopic (exact) mass is 341 g/mol. The molecule has 0 aliphatic carbocycles. The maximum atomic E-state index is 12.6. The van der Waals surface area contributed by atoms with Crippen LogP contribution in [0.2, 0.25) is 15.1 Å². The van der Waals surface area contributed by atoms with Gasteiger partial charge in [-0.3, -0.25) is 0 Å². The molecule has 0 radical (unpaired) electrons. The van der Waals surface area contributed by atoms with E-state index in [9.17, 15) is 18.3 Å².